The van der Waals surface area contributed by atoms with E-state index >= 15 is 0 Å². The van der Waals surface area contributed by atoms with Crippen molar-refractivity contribution in [2.75, 3.05) is 27.2 Å². The van der Waals surface area contributed by atoms with Crippen LogP contribution in [0, 0.1) is 11.8 Å². The Hall–Kier alpha value is -7.15. The largest absolute Gasteiger partial charge is 0.508 e. The number of primary amides is 1. The van der Waals surface area contributed by atoms with Crippen molar-refractivity contribution in [2.45, 2.75) is 128 Å². The molecule has 0 aliphatic carbocycles. The first-order chi connectivity index (χ1) is 33.0. The number of imide groups is 1. The lowest BCUT2D eigenvalue weighted by molar-refractivity contribution is -0.146. The molecule has 25 heteroatoms. The first-order valence-corrected chi connectivity index (χ1v) is 22.8. The van der Waals surface area contributed by atoms with E-state index in [9.17, 15) is 63.0 Å². The number of aliphatic hydroxyl groups is 1. The van der Waals surface area contributed by atoms with Gasteiger partial charge in [0, 0.05) is 27.1 Å². The van der Waals surface area contributed by atoms with Gasteiger partial charge in [0.1, 0.15) is 35.6 Å². The SMILES string of the molecule is CC=C1NC(=O)C(O)C(CCC(C)CC)NC(=O)C(CC(N)=O)NC(=O)C(Cc2ccccc2O)NC(=O)C2CC(C)CN2C(=O)C(C(C)OC)NC(=O)C(C2OC(=O)NC2=O)NC(=O)CN(C)C1=O. The minimum absolute atomic E-state index is 0.0239. The Bertz CT molecular complexity index is 2220. The number of benzene rings is 1. The van der Waals surface area contributed by atoms with Gasteiger partial charge in [0.05, 0.1) is 25.1 Å². The van der Waals surface area contributed by atoms with Gasteiger partial charge >= 0.3 is 6.09 Å². The number of aromatic hydroxyl groups is 1. The van der Waals surface area contributed by atoms with Crippen molar-refractivity contribution < 1.29 is 72.4 Å². The topological polar surface area (TPSA) is 363 Å². The normalized spacial score (nSPS) is 28.7. The Kier molecular flexibility index (Phi) is 19.7. The smallest absolute Gasteiger partial charge is 0.414 e. The predicted octanol–water partition coefficient (Wildman–Crippen LogP) is -3.18. The van der Waals surface area contributed by atoms with E-state index in [1.807, 2.05) is 19.2 Å². The van der Waals surface area contributed by atoms with Gasteiger partial charge in [0.25, 0.3) is 17.7 Å². The number of phenolic OH excluding ortho intramolecular Hbond substituents is 1. The van der Waals surface area contributed by atoms with Crippen LogP contribution in [-0.4, -0.2) is 167 Å². The Morgan fingerprint density at radius 1 is 0.900 bits per heavy atom. The fourth-order valence-corrected chi connectivity index (χ4v) is 8.02. The number of nitrogens with two attached hydrogens (primary N) is 1. The molecule has 11 amide bonds. The van der Waals surface area contributed by atoms with Crippen LogP contribution in [0.25, 0.3) is 0 Å². The van der Waals surface area contributed by atoms with E-state index in [1.165, 1.54) is 39.2 Å². The van der Waals surface area contributed by atoms with Gasteiger partial charge < -0.3 is 67.1 Å². The summed E-state index contributed by atoms with van der Waals surface area (Å²) in [5, 5.41) is 38.6. The molecule has 3 fully saturated rings. The lowest BCUT2D eigenvalue weighted by Gasteiger charge is -2.33. The third-order valence-corrected chi connectivity index (χ3v) is 12.4. The van der Waals surface area contributed by atoms with Crippen LogP contribution in [0.15, 0.2) is 36.0 Å². The van der Waals surface area contributed by atoms with E-state index in [2.05, 4.69) is 31.9 Å². The molecule has 0 radical (unpaired) electrons. The molecule has 70 heavy (non-hydrogen) atoms. The minimum atomic E-state index is -2.07. The van der Waals surface area contributed by atoms with Gasteiger partial charge in [-0.2, -0.15) is 0 Å². The van der Waals surface area contributed by atoms with E-state index < -0.39 is 145 Å². The number of aliphatic hydroxyl groups excluding tert-OH is 1. The van der Waals surface area contributed by atoms with E-state index in [4.69, 9.17) is 15.2 Å². The average Bonchev–Trinajstić information content (AvgIpc) is 3.88. The number of allylic oxidation sites excluding steroid dienone is 1. The molecule has 384 valence electrons. The van der Waals surface area contributed by atoms with Crippen molar-refractivity contribution in [2.24, 2.45) is 17.6 Å². The number of alkyl carbamates (subject to hydrolysis) is 1. The summed E-state index contributed by atoms with van der Waals surface area (Å²) in [6, 6.07) is -3.91. The number of nitrogens with zero attached hydrogens (tertiary/aromatic N) is 2. The number of para-hydroxylation sites is 1. The molecule has 25 nitrogen and oxygen atoms in total. The van der Waals surface area contributed by atoms with E-state index in [0.29, 0.717) is 12.8 Å². The fraction of sp³-hybridized carbons (Fsp3) is 0.578. The van der Waals surface area contributed by atoms with Gasteiger partial charge in [-0.1, -0.05) is 51.5 Å². The second kappa shape index (κ2) is 24.9. The quantitative estimate of drug-likeness (QED) is 0.0978. The van der Waals surface area contributed by atoms with E-state index in [0.717, 1.165) is 22.9 Å². The Balaban J connectivity index is 1.85. The number of hydrogen-bond acceptors (Lipinski definition) is 15. The van der Waals surface area contributed by atoms with Crippen LogP contribution in [-0.2, 0) is 63.8 Å². The molecule has 1 aromatic rings. The summed E-state index contributed by atoms with van der Waals surface area (Å²) in [6.45, 7) is 7.37. The molecule has 3 saturated heterocycles. The maximum absolute atomic E-state index is 14.6. The average molecular weight is 985 g/mol. The van der Waals surface area contributed by atoms with Crippen molar-refractivity contribution in [1.29, 1.82) is 0 Å². The Morgan fingerprint density at radius 3 is 2.16 bits per heavy atom. The van der Waals surface area contributed by atoms with E-state index in [-0.39, 0.29) is 42.5 Å². The fourth-order valence-electron chi connectivity index (χ4n) is 8.02. The third-order valence-electron chi connectivity index (χ3n) is 12.4. The lowest BCUT2D eigenvalue weighted by Crippen LogP contribution is -2.63. The number of hydrogen-bond donors (Lipinski definition) is 10. The van der Waals surface area contributed by atoms with Gasteiger partial charge in [-0.25, -0.2) is 4.79 Å². The highest BCUT2D eigenvalue weighted by Gasteiger charge is 2.47. The van der Waals surface area contributed by atoms with Crippen LogP contribution in [0.3, 0.4) is 0 Å². The van der Waals surface area contributed by atoms with E-state index in [1.54, 1.807) is 13.0 Å². The Labute approximate surface area is 403 Å². The number of cyclic esters (lactones) is 1. The van der Waals surface area contributed by atoms with Crippen LogP contribution in [0.2, 0.25) is 0 Å². The molecular weight excluding hydrogens is 921 g/mol. The highest BCUT2D eigenvalue weighted by Crippen LogP contribution is 2.26. The maximum atomic E-state index is 14.6. The van der Waals surface area contributed by atoms with Crippen LogP contribution < -0.4 is 43.0 Å². The second-order valence-electron chi connectivity index (χ2n) is 17.8. The van der Waals surface area contributed by atoms with Crippen LogP contribution in [0.4, 0.5) is 4.79 Å². The molecule has 1 aromatic carbocycles. The number of carbonyl (C=O) groups is 11. The molecule has 11 N–H and O–H groups in total. The lowest BCUT2D eigenvalue weighted by atomic mass is 9.95. The zero-order valence-electron chi connectivity index (χ0n) is 40.1. The molecular formula is C45H64N10O15. The maximum Gasteiger partial charge on any atom is 0.414 e. The third kappa shape index (κ3) is 14.4. The van der Waals surface area contributed by atoms with Gasteiger partial charge in [-0.15, -0.1) is 0 Å². The van der Waals surface area contributed by atoms with Crippen LogP contribution >= 0.6 is 0 Å². The number of fused-ring (bicyclic) bond motifs is 1. The molecule has 4 rings (SSSR count). The molecule has 0 saturated carbocycles. The van der Waals surface area contributed by atoms with Gasteiger partial charge in [0.15, 0.2) is 12.1 Å². The molecule has 0 aromatic heterocycles. The minimum Gasteiger partial charge on any atom is -0.508 e. The number of amides is 11. The monoisotopic (exact) mass is 984 g/mol. The predicted molar refractivity (Wildman–Crippen MR) is 244 cm³/mol. The first-order valence-electron chi connectivity index (χ1n) is 22.8. The van der Waals surface area contributed by atoms with Crippen molar-refractivity contribution in [3.63, 3.8) is 0 Å². The number of rotatable bonds is 11. The number of phenols is 1. The Morgan fingerprint density at radius 2 is 1.56 bits per heavy atom. The summed E-state index contributed by atoms with van der Waals surface area (Å²) in [5.74, 6) is -11.2. The highest BCUT2D eigenvalue weighted by molar-refractivity contribution is 6.06. The molecule has 11 atom stereocenters. The summed E-state index contributed by atoms with van der Waals surface area (Å²) >= 11 is 0. The molecule has 3 aliphatic rings. The molecule has 0 bridgehead atoms. The van der Waals surface area contributed by atoms with Crippen LogP contribution in [0.1, 0.15) is 72.3 Å². The van der Waals surface area contributed by atoms with Crippen molar-refractivity contribution in [3.05, 3.63) is 41.6 Å². The number of likely N-dealkylation sites (N-methyl/N-ethyl adjacent to an activating group) is 1. The molecule has 3 aliphatic heterocycles. The number of carbonyl (C=O) groups excluding carboxylic acids is 11. The molecule has 3 heterocycles. The van der Waals surface area contributed by atoms with Crippen molar-refractivity contribution in [1.82, 2.24) is 47.0 Å². The summed E-state index contributed by atoms with van der Waals surface area (Å²) in [6.07, 6.45) is -5.46. The van der Waals surface area contributed by atoms with Gasteiger partial charge in [0.2, 0.25) is 47.5 Å². The second-order valence-corrected chi connectivity index (χ2v) is 17.8. The summed E-state index contributed by atoms with van der Waals surface area (Å²) in [4.78, 5) is 152. The highest BCUT2D eigenvalue weighted by atomic mass is 16.6. The first kappa shape index (κ1) is 55.4. The van der Waals surface area contributed by atoms with Gasteiger partial charge in [-0.3, -0.25) is 53.3 Å². The number of ether oxygens (including phenoxy) is 2. The summed E-state index contributed by atoms with van der Waals surface area (Å²) < 4.78 is 10.5. The number of methoxy groups -OCH3 is 1. The number of nitrogens with one attached hydrogen (secondary N) is 7. The van der Waals surface area contributed by atoms with Crippen molar-refractivity contribution in [3.8, 4) is 5.75 Å². The molecule has 11 unspecified atom stereocenters. The van der Waals surface area contributed by atoms with Crippen molar-refractivity contribution >= 4 is 65.2 Å². The summed E-state index contributed by atoms with van der Waals surface area (Å²) in [7, 11) is 2.36. The zero-order valence-corrected chi connectivity index (χ0v) is 40.1. The van der Waals surface area contributed by atoms with Gasteiger partial charge in [-0.05, 0) is 56.6 Å². The molecule has 0 spiro atoms. The zero-order chi connectivity index (χ0) is 52.1. The standard InChI is InChI=1S/C45H64N10O15/c1-8-21(3)14-15-26-35(59)41(64)47-25(9-2)43(66)54(6)20-32(58)51-34(36-42(65)53-45(68)70-36)40(63)52-33(23(5)69-7)44(67)55-19-22(4)16-29(55)39(62)50-27(17-24-12-10-11-13-30(24)56)37(60)49-28(18-31(46)57)38(61)48-26/h9-13,21-23,26-29,33-36,56,59H,8,14-20H2,1-7H3,(H2,46,57)(H,47,64)(H,48,61)(H,49,60)(H,50,62)(H,51,58)(H,52,63)(H,53,65,68). The van der Waals surface area contributed by atoms with Crippen LogP contribution in [0.5, 0.6) is 5.75 Å². The summed E-state index contributed by atoms with van der Waals surface area (Å²) in [5.41, 5.74) is 5.25.